The number of hydrogen-bond acceptors (Lipinski definition) is 3. The molecule has 5 nitrogen and oxygen atoms in total. The molecule has 0 aliphatic carbocycles. The highest BCUT2D eigenvalue weighted by Crippen LogP contribution is 2.32. The molecule has 3 heterocycles. The van der Waals surface area contributed by atoms with Gasteiger partial charge >= 0.3 is 0 Å². The van der Waals surface area contributed by atoms with E-state index in [2.05, 4.69) is 15.4 Å². The molecule has 0 fully saturated rings. The number of alkyl halides is 2. The maximum Gasteiger partial charge on any atom is 0.280 e. The lowest BCUT2D eigenvalue weighted by Gasteiger charge is -2.13. The van der Waals surface area contributed by atoms with Gasteiger partial charge in [0.1, 0.15) is 17.1 Å². The second-order valence-corrected chi connectivity index (χ2v) is 4.64. The molecular weight excluding hydrogens is 290 g/mol. The van der Waals surface area contributed by atoms with Crippen LogP contribution in [0.3, 0.4) is 0 Å². The predicted molar refractivity (Wildman–Crippen MR) is 67.8 cm³/mol. The minimum absolute atomic E-state index is 0.161. The second kappa shape index (κ2) is 4.82. The lowest BCUT2D eigenvalue weighted by molar-refractivity contribution is 0.0924. The van der Waals surface area contributed by atoms with E-state index in [4.69, 9.17) is 11.6 Å². The third-order valence-corrected chi connectivity index (χ3v) is 3.35. The Bertz CT molecular complexity index is 686. The van der Waals surface area contributed by atoms with Gasteiger partial charge in [-0.3, -0.25) is 14.5 Å². The zero-order valence-corrected chi connectivity index (χ0v) is 10.9. The Balaban J connectivity index is 2.11. The number of amides is 1. The zero-order valence-electron chi connectivity index (χ0n) is 10.1. The molecule has 0 unspecified atom stereocenters. The van der Waals surface area contributed by atoms with Gasteiger partial charge in [-0.05, 0) is 12.1 Å². The molecule has 104 valence electrons. The summed E-state index contributed by atoms with van der Waals surface area (Å²) in [4.78, 5) is 15.3. The number of pyridine rings is 1. The van der Waals surface area contributed by atoms with Crippen molar-refractivity contribution in [3.8, 4) is 11.3 Å². The van der Waals surface area contributed by atoms with Gasteiger partial charge in [0, 0.05) is 18.3 Å². The van der Waals surface area contributed by atoms with E-state index >= 15 is 0 Å². The fraction of sp³-hybridized carbons (Fsp3) is 0.250. The number of rotatable bonds is 2. The van der Waals surface area contributed by atoms with Crippen LogP contribution in [0, 0.1) is 0 Å². The van der Waals surface area contributed by atoms with Crippen molar-refractivity contribution in [1.29, 1.82) is 0 Å². The number of fused-ring (bicyclic) bond motifs is 1. The largest absolute Gasteiger partial charge is 0.349 e. The van der Waals surface area contributed by atoms with Crippen molar-refractivity contribution in [2.45, 2.75) is 13.0 Å². The van der Waals surface area contributed by atoms with Crippen molar-refractivity contribution in [3.63, 3.8) is 0 Å². The van der Waals surface area contributed by atoms with Crippen molar-refractivity contribution in [2.75, 3.05) is 6.54 Å². The van der Waals surface area contributed by atoms with E-state index in [1.54, 1.807) is 0 Å². The first-order valence-electron chi connectivity index (χ1n) is 5.87. The fourth-order valence-corrected chi connectivity index (χ4v) is 2.41. The van der Waals surface area contributed by atoms with E-state index in [9.17, 15) is 13.6 Å². The topological polar surface area (TPSA) is 59.8 Å². The van der Waals surface area contributed by atoms with Gasteiger partial charge in [-0.15, -0.1) is 0 Å². The van der Waals surface area contributed by atoms with Crippen LogP contribution < -0.4 is 5.32 Å². The molecule has 1 amide bonds. The van der Waals surface area contributed by atoms with E-state index in [-0.39, 0.29) is 22.3 Å². The van der Waals surface area contributed by atoms with Crippen LogP contribution in [0.2, 0.25) is 5.02 Å². The molecule has 0 saturated carbocycles. The van der Waals surface area contributed by atoms with Gasteiger partial charge in [0.25, 0.3) is 12.3 Å². The van der Waals surface area contributed by atoms with Crippen molar-refractivity contribution in [3.05, 3.63) is 34.7 Å². The highest BCUT2D eigenvalue weighted by Gasteiger charge is 2.26. The van der Waals surface area contributed by atoms with Crippen LogP contribution >= 0.6 is 11.6 Å². The van der Waals surface area contributed by atoms with Crippen LogP contribution in [0.5, 0.6) is 0 Å². The van der Waals surface area contributed by atoms with Crippen molar-refractivity contribution >= 4 is 17.5 Å². The van der Waals surface area contributed by atoms with Crippen LogP contribution in [-0.4, -0.2) is 27.2 Å². The molecule has 0 atom stereocenters. The molecule has 0 saturated heterocycles. The van der Waals surface area contributed by atoms with E-state index < -0.39 is 6.43 Å². The van der Waals surface area contributed by atoms with Gasteiger partial charge in [0.15, 0.2) is 0 Å². The average molecular weight is 299 g/mol. The fourth-order valence-electron chi connectivity index (χ4n) is 2.08. The first-order chi connectivity index (χ1) is 9.58. The summed E-state index contributed by atoms with van der Waals surface area (Å²) < 4.78 is 26.8. The zero-order chi connectivity index (χ0) is 14.3. The molecule has 0 aromatic carbocycles. The lowest BCUT2D eigenvalue weighted by atomic mass is 10.1. The summed E-state index contributed by atoms with van der Waals surface area (Å²) in [6, 6.07) is 2.76. The molecule has 0 spiro atoms. The molecule has 20 heavy (non-hydrogen) atoms. The normalized spacial score (nSPS) is 14.3. The number of nitrogens with zero attached hydrogens (tertiary/aromatic N) is 3. The van der Waals surface area contributed by atoms with Crippen molar-refractivity contribution in [1.82, 2.24) is 20.1 Å². The summed E-state index contributed by atoms with van der Waals surface area (Å²) in [7, 11) is 0. The predicted octanol–water partition coefficient (Wildman–Crippen LogP) is 2.28. The Hall–Kier alpha value is -2.02. The summed E-state index contributed by atoms with van der Waals surface area (Å²) >= 11 is 6.15. The Kier molecular flexibility index (Phi) is 3.13. The lowest BCUT2D eigenvalue weighted by Crippen LogP contribution is -2.35. The number of nitrogens with one attached hydrogen (secondary N) is 1. The van der Waals surface area contributed by atoms with Gasteiger partial charge in [-0.1, -0.05) is 11.6 Å². The molecule has 1 N–H and O–H groups in total. The quantitative estimate of drug-likeness (QED) is 0.925. The van der Waals surface area contributed by atoms with Gasteiger partial charge in [0.2, 0.25) is 0 Å². The third-order valence-electron chi connectivity index (χ3n) is 3.00. The summed E-state index contributed by atoms with van der Waals surface area (Å²) in [5.41, 5.74) is 0.621. The molecule has 0 radical (unpaired) electrons. The summed E-state index contributed by atoms with van der Waals surface area (Å²) in [6.07, 6.45) is -1.40. The number of carbonyl (C=O) groups excluding carboxylic acids is 1. The minimum atomic E-state index is -2.67. The number of hydrogen-bond donors (Lipinski definition) is 1. The van der Waals surface area contributed by atoms with E-state index in [0.29, 0.717) is 24.3 Å². The smallest absolute Gasteiger partial charge is 0.280 e. The van der Waals surface area contributed by atoms with Crippen LogP contribution in [0.1, 0.15) is 22.6 Å². The van der Waals surface area contributed by atoms with Gasteiger partial charge in [0.05, 0.1) is 11.6 Å². The van der Waals surface area contributed by atoms with Gasteiger partial charge < -0.3 is 5.32 Å². The molecule has 2 aromatic rings. The first kappa shape index (κ1) is 13.0. The molecule has 1 aliphatic rings. The highest BCUT2D eigenvalue weighted by atomic mass is 35.5. The summed E-state index contributed by atoms with van der Waals surface area (Å²) in [6.45, 7) is 0.954. The van der Waals surface area contributed by atoms with Crippen molar-refractivity contribution in [2.24, 2.45) is 0 Å². The van der Waals surface area contributed by atoms with Crippen LogP contribution in [0.25, 0.3) is 11.3 Å². The Morgan fingerprint density at radius 2 is 2.25 bits per heavy atom. The van der Waals surface area contributed by atoms with E-state index in [1.165, 1.54) is 23.0 Å². The van der Waals surface area contributed by atoms with Crippen LogP contribution in [-0.2, 0) is 6.54 Å². The van der Waals surface area contributed by atoms with Gasteiger partial charge in [-0.2, -0.15) is 5.10 Å². The summed E-state index contributed by atoms with van der Waals surface area (Å²) in [5.74, 6) is -0.317. The molecule has 0 bridgehead atoms. The molecule has 1 aliphatic heterocycles. The van der Waals surface area contributed by atoms with E-state index in [0.717, 1.165) is 0 Å². The molecule has 2 aromatic heterocycles. The number of carbonyl (C=O) groups is 1. The maximum absolute atomic E-state index is 12.7. The Morgan fingerprint density at radius 1 is 1.45 bits per heavy atom. The van der Waals surface area contributed by atoms with E-state index in [1.807, 2.05) is 0 Å². The average Bonchev–Trinajstić information content (AvgIpc) is 2.77. The summed E-state index contributed by atoms with van der Waals surface area (Å²) in [5, 5.41) is 7.04. The second-order valence-electron chi connectivity index (χ2n) is 4.26. The Labute approximate surface area is 117 Å². The maximum atomic E-state index is 12.7. The molecular formula is C12H9ClF2N4O. The highest BCUT2D eigenvalue weighted by molar-refractivity contribution is 6.36. The van der Waals surface area contributed by atoms with Gasteiger partial charge in [-0.25, -0.2) is 8.78 Å². The number of aromatic nitrogens is 3. The molecule has 8 heteroatoms. The van der Waals surface area contributed by atoms with Crippen molar-refractivity contribution < 1.29 is 13.6 Å². The Morgan fingerprint density at radius 3 is 2.95 bits per heavy atom. The first-order valence-corrected chi connectivity index (χ1v) is 6.24. The number of halogens is 3. The monoisotopic (exact) mass is 298 g/mol. The van der Waals surface area contributed by atoms with Crippen LogP contribution in [0.4, 0.5) is 8.78 Å². The minimum Gasteiger partial charge on any atom is -0.349 e. The molecule has 3 rings (SSSR count). The third kappa shape index (κ3) is 2.03. The SMILES string of the molecule is O=C1NCCn2nc(-c3ccnc(C(F)F)c3)c(Cl)c21. The standard InChI is InChI=1S/C12H9ClF2N4O/c13-8-9(6-1-2-16-7(5-6)11(14)15)18-19-4-3-17-12(20)10(8)19/h1-2,5,11H,3-4H2,(H,17,20). The van der Waals surface area contributed by atoms with Crippen LogP contribution in [0.15, 0.2) is 18.3 Å².